The minimum Gasteiger partial charge on any atom is -0.483 e. The summed E-state index contributed by atoms with van der Waals surface area (Å²) in [4.78, 5) is 28.6. The lowest BCUT2D eigenvalue weighted by Gasteiger charge is -2.40. The van der Waals surface area contributed by atoms with E-state index in [9.17, 15) is 14.0 Å². The number of hydrogen-bond donors (Lipinski definition) is 0. The first-order valence-corrected chi connectivity index (χ1v) is 11.1. The Labute approximate surface area is 176 Å². The number of nitrogens with zero attached hydrogens (tertiary/aromatic N) is 1. The highest BCUT2D eigenvalue weighted by Crippen LogP contribution is 2.49. The van der Waals surface area contributed by atoms with Gasteiger partial charge in [0, 0.05) is 18.7 Å². The van der Waals surface area contributed by atoms with Gasteiger partial charge in [0.1, 0.15) is 11.9 Å². The molecular weight excluding hydrogens is 385 g/mol. The summed E-state index contributed by atoms with van der Waals surface area (Å²) in [5.41, 5.74) is 0.688. The monoisotopic (exact) mass is 413 g/mol. The summed E-state index contributed by atoms with van der Waals surface area (Å²) in [6.45, 7) is 5.33. The molecule has 30 heavy (non-hydrogen) atoms. The molecule has 3 heterocycles. The summed E-state index contributed by atoms with van der Waals surface area (Å²) in [7, 11) is 0. The lowest BCUT2D eigenvalue weighted by Crippen LogP contribution is -2.43. The molecule has 6 atom stereocenters. The minimum atomic E-state index is -0.749. The van der Waals surface area contributed by atoms with Crippen LogP contribution >= 0.6 is 0 Å². The van der Waals surface area contributed by atoms with Crippen LogP contribution < -0.4 is 0 Å². The summed E-state index contributed by atoms with van der Waals surface area (Å²) < 4.78 is 26.8. The molecule has 1 aromatic carbocycles. The topological polar surface area (TPSA) is 55.8 Å². The lowest BCUT2D eigenvalue weighted by molar-refractivity contribution is -0.138. The molecule has 0 bridgehead atoms. The Morgan fingerprint density at radius 2 is 1.90 bits per heavy atom. The summed E-state index contributed by atoms with van der Waals surface area (Å²) in [5.74, 6) is -0.0600. The van der Waals surface area contributed by atoms with Crippen molar-refractivity contribution in [1.82, 2.24) is 4.90 Å². The Balaban J connectivity index is 1.56. The van der Waals surface area contributed by atoms with Crippen molar-refractivity contribution in [2.45, 2.75) is 57.8 Å². The summed E-state index contributed by atoms with van der Waals surface area (Å²) >= 11 is 0. The van der Waals surface area contributed by atoms with Gasteiger partial charge in [-0.15, -0.1) is 0 Å². The predicted octanol–water partition coefficient (Wildman–Crippen LogP) is 3.79. The maximum atomic E-state index is 14.8. The summed E-state index contributed by atoms with van der Waals surface area (Å²) in [6, 6.07) is 5.66. The van der Waals surface area contributed by atoms with Crippen LogP contribution in [0.4, 0.5) is 4.39 Å². The molecule has 1 saturated heterocycles. The van der Waals surface area contributed by atoms with Gasteiger partial charge in [-0.1, -0.05) is 32.0 Å². The average Bonchev–Trinajstić information content (AvgIpc) is 3.32. The van der Waals surface area contributed by atoms with E-state index in [1.807, 2.05) is 0 Å². The van der Waals surface area contributed by atoms with E-state index >= 15 is 0 Å². The van der Waals surface area contributed by atoms with Gasteiger partial charge in [-0.2, -0.15) is 0 Å². The van der Waals surface area contributed by atoms with Gasteiger partial charge in [-0.05, 0) is 43.6 Å². The Kier molecular flexibility index (Phi) is 4.92. The summed E-state index contributed by atoms with van der Waals surface area (Å²) in [6.07, 6.45) is 2.94. The second kappa shape index (κ2) is 7.49. The SMILES string of the molecule is CC1CC2OC3=C(C(=O)C2CC1C)C(c1ccccc1F)N(CC1CCCO1)C3=O. The largest absolute Gasteiger partial charge is 0.483 e. The van der Waals surface area contributed by atoms with E-state index in [0.29, 0.717) is 36.1 Å². The average molecular weight is 413 g/mol. The van der Waals surface area contributed by atoms with Crippen molar-refractivity contribution in [3.05, 3.63) is 47.0 Å². The van der Waals surface area contributed by atoms with Gasteiger partial charge in [-0.25, -0.2) is 4.39 Å². The first kappa shape index (κ1) is 19.7. The summed E-state index contributed by atoms with van der Waals surface area (Å²) in [5, 5.41) is 0. The number of rotatable bonds is 3. The van der Waals surface area contributed by atoms with Crippen LogP contribution in [0.1, 0.15) is 51.1 Å². The predicted molar refractivity (Wildman–Crippen MR) is 108 cm³/mol. The molecule has 0 spiro atoms. The van der Waals surface area contributed by atoms with Crippen LogP contribution in [0.15, 0.2) is 35.6 Å². The lowest BCUT2D eigenvalue weighted by atomic mass is 9.70. The maximum Gasteiger partial charge on any atom is 0.290 e. The van der Waals surface area contributed by atoms with E-state index in [2.05, 4.69) is 13.8 Å². The molecule has 3 aliphatic heterocycles. The molecule has 1 amide bonds. The molecule has 6 unspecified atom stereocenters. The number of ketones is 1. The van der Waals surface area contributed by atoms with Crippen LogP contribution in [0.2, 0.25) is 0 Å². The fourth-order valence-electron chi connectivity index (χ4n) is 5.52. The van der Waals surface area contributed by atoms with Crippen molar-refractivity contribution < 1.29 is 23.5 Å². The van der Waals surface area contributed by atoms with Crippen LogP contribution in [0.25, 0.3) is 0 Å². The van der Waals surface area contributed by atoms with Crippen molar-refractivity contribution >= 4 is 11.7 Å². The van der Waals surface area contributed by atoms with Crippen LogP contribution in [0.5, 0.6) is 0 Å². The van der Waals surface area contributed by atoms with Crippen LogP contribution in [0.3, 0.4) is 0 Å². The van der Waals surface area contributed by atoms with E-state index in [4.69, 9.17) is 9.47 Å². The second-order valence-electron chi connectivity index (χ2n) is 9.31. The molecule has 4 aliphatic rings. The van der Waals surface area contributed by atoms with Crippen LogP contribution in [-0.4, -0.2) is 41.9 Å². The van der Waals surface area contributed by atoms with Crippen molar-refractivity contribution in [1.29, 1.82) is 0 Å². The van der Waals surface area contributed by atoms with Crippen molar-refractivity contribution in [3.63, 3.8) is 0 Å². The zero-order valence-corrected chi connectivity index (χ0v) is 17.5. The number of ether oxygens (including phenoxy) is 2. The molecule has 5 rings (SSSR count). The van der Waals surface area contributed by atoms with Crippen molar-refractivity contribution in [2.75, 3.05) is 13.2 Å². The number of carbonyl (C=O) groups is 2. The third-order valence-corrected chi connectivity index (χ3v) is 7.43. The molecule has 160 valence electrons. The molecule has 2 fully saturated rings. The quantitative estimate of drug-likeness (QED) is 0.757. The number of fused-ring (bicyclic) bond motifs is 1. The molecule has 0 N–H and O–H groups in total. The standard InChI is InChI=1S/C24H28FNO4/c1-13-10-17-19(11-14(13)2)30-23-20(22(17)27)21(16-7-3-4-8-18(16)25)26(24(23)28)12-15-6-5-9-29-15/h3-4,7-8,13-15,17,19,21H,5-6,9-12H2,1-2H3. The molecule has 1 aliphatic carbocycles. The number of amides is 1. The van der Waals surface area contributed by atoms with E-state index in [-0.39, 0.29) is 35.6 Å². The van der Waals surface area contributed by atoms with E-state index < -0.39 is 11.9 Å². The molecule has 5 nitrogen and oxygen atoms in total. The first-order valence-electron chi connectivity index (χ1n) is 11.1. The van der Waals surface area contributed by atoms with E-state index in [1.165, 1.54) is 6.07 Å². The fraction of sp³-hybridized carbons (Fsp3) is 0.583. The zero-order chi connectivity index (χ0) is 21.0. The van der Waals surface area contributed by atoms with Gasteiger partial charge < -0.3 is 14.4 Å². The van der Waals surface area contributed by atoms with Gasteiger partial charge in [-0.3, -0.25) is 9.59 Å². The number of hydrogen-bond acceptors (Lipinski definition) is 4. The molecule has 0 radical (unpaired) electrons. The highest BCUT2D eigenvalue weighted by Gasteiger charge is 2.54. The van der Waals surface area contributed by atoms with Gasteiger partial charge >= 0.3 is 0 Å². The van der Waals surface area contributed by atoms with Crippen molar-refractivity contribution in [2.24, 2.45) is 17.8 Å². The molecule has 6 heteroatoms. The zero-order valence-electron chi connectivity index (χ0n) is 17.5. The Morgan fingerprint density at radius 3 is 2.63 bits per heavy atom. The van der Waals surface area contributed by atoms with Crippen LogP contribution in [-0.2, 0) is 19.1 Å². The van der Waals surface area contributed by atoms with Crippen molar-refractivity contribution in [3.8, 4) is 0 Å². The minimum absolute atomic E-state index is 0.0450. The highest BCUT2D eigenvalue weighted by atomic mass is 19.1. The second-order valence-corrected chi connectivity index (χ2v) is 9.31. The fourth-order valence-corrected chi connectivity index (χ4v) is 5.52. The highest BCUT2D eigenvalue weighted by molar-refractivity contribution is 6.11. The third kappa shape index (κ3) is 3.08. The molecular formula is C24H28FNO4. The maximum absolute atomic E-state index is 14.8. The molecule has 1 aromatic rings. The smallest absolute Gasteiger partial charge is 0.290 e. The van der Waals surface area contributed by atoms with Gasteiger partial charge in [0.2, 0.25) is 0 Å². The van der Waals surface area contributed by atoms with Gasteiger partial charge in [0.25, 0.3) is 5.91 Å². The van der Waals surface area contributed by atoms with Crippen LogP contribution in [0, 0.1) is 23.6 Å². The van der Waals surface area contributed by atoms with E-state index in [1.54, 1.807) is 23.1 Å². The first-order chi connectivity index (χ1) is 14.5. The number of halogens is 1. The van der Waals surface area contributed by atoms with E-state index in [0.717, 1.165) is 25.7 Å². The number of benzene rings is 1. The molecule has 0 aromatic heterocycles. The Morgan fingerprint density at radius 1 is 1.13 bits per heavy atom. The number of carbonyl (C=O) groups excluding carboxylic acids is 2. The normalized spacial score (nSPS) is 36.0. The third-order valence-electron chi connectivity index (χ3n) is 7.43. The number of Topliss-reactive ketones (excluding diaryl/α,β-unsaturated/α-hetero) is 1. The molecule has 1 saturated carbocycles. The Bertz CT molecular complexity index is 906. The van der Waals surface area contributed by atoms with Gasteiger partial charge in [0.05, 0.1) is 23.6 Å². The van der Waals surface area contributed by atoms with Gasteiger partial charge in [0.15, 0.2) is 11.5 Å². The Hall–Kier alpha value is -2.21.